The van der Waals surface area contributed by atoms with Crippen molar-refractivity contribution >= 4 is 69.0 Å². The number of imide groups is 1. The highest BCUT2D eigenvalue weighted by molar-refractivity contribution is 6.32. The van der Waals surface area contributed by atoms with Gasteiger partial charge in [-0.3, -0.25) is 19.9 Å². The summed E-state index contributed by atoms with van der Waals surface area (Å²) in [4.78, 5) is 41.5. The van der Waals surface area contributed by atoms with E-state index < -0.39 is 17.8 Å². The van der Waals surface area contributed by atoms with Gasteiger partial charge in [-0.25, -0.2) is 4.79 Å². The number of carbonyl (C=O) groups is 3. The molecule has 1 saturated heterocycles. The van der Waals surface area contributed by atoms with Crippen LogP contribution in [0.2, 0.25) is 10.0 Å². The number of pyridine rings is 1. The second-order valence-electron chi connectivity index (χ2n) is 6.63. The minimum Gasteiger partial charge on any atom is -0.478 e. The van der Waals surface area contributed by atoms with Gasteiger partial charge in [-0.1, -0.05) is 23.2 Å². The lowest BCUT2D eigenvalue weighted by atomic mass is 10.1. The molecule has 1 aromatic heterocycles. The molecule has 2 heterocycles. The minimum atomic E-state index is -1.16. The monoisotopic (exact) mass is 444 g/mol. The number of benzene rings is 2. The Balaban J connectivity index is 1.90. The van der Waals surface area contributed by atoms with Crippen LogP contribution in [0.4, 0.5) is 17.1 Å². The molecule has 0 saturated carbocycles. The number of nitrogens with one attached hydrogen (secondary N) is 2. The summed E-state index contributed by atoms with van der Waals surface area (Å²) >= 11 is 12.1. The molecule has 0 radical (unpaired) electrons. The summed E-state index contributed by atoms with van der Waals surface area (Å²) in [5, 5.41) is 16.3. The van der Waals surface area contributed by atoms with Crippen molar-refractivity contribution < 1.29 is 19.5 Å². The third kappa shape index (κ3) is 3.87. The summed E-state index contributed by atoms with van der Waals surface area (Å²) in [6.07, 6.45) is 1.53. The molecule has 10 heteroatoms. The van der Waals surface area contributed by atoms with Gasteiger partial charge in [0.25, 0.3) is 0 Å². The van der Waals surface area contributed by atoms with Crippen LogP contribution < -0.4 is 15.5 Å². The molecular formula is C20H14Cl2N4O4. The number of aromatic nitrogens is 1. The van der Waals surface area contributed by atoms with Gasteiger partial charge in [-0.2, -0.15) is 0 Å². The Hall–Kier alpha value is -3.36. The van der Waals surface area contributed by atoms with Gasteiger partial charge in [0.2, 0.25) is 11.8 Å². The highest BCUT2D eigenvalue weighted by Gasteiger charge is 2.26. The summed E-state index contributed by atoms with van der Waals surface area (Å²) < 4.78 is 0. The van der Waals surface area contributed by atoms with Crippen LogP contribution >= 0.6 is 23.2 Å². The minimum absolute atomic E-state index is 0.0343. The van der Waals surface area contributed by atoms with Crippen molar-refractivity contribution in [2.24, 2.45) is 0 Å². The Morgan fingerprint density at radius 1 is 1.07 bits per heavy atom. The number of rotatable bonds is 4. The van der Waals surface area contributed by atoms with Crippen LogP contribution in [-0.4, -0.2) is 41.0 Å². The SMILES string of the molecule is O=C1CN(c2cnc3ccc(Cl)cc3c2Nc2ccc(Cl)cc2C(=O)O)CC(=O)N1. The highest BCUT2D eigenvalue weighted by atomic mass is 35.5. The average Bonchev–Trinajstić information content (AvgIpc) is 2.68. The number of anilines is 3. The fourth-order valence-corrected chi connectivity index (χ4v) is 3.61. The summed E-state index contributed by atoms with van der Waals surface area (Å²) in [6.45, 7) is -0.110. The number of hydrogen-bond acceptors (Lipinski definition) is 6. The summed E-state index contributed by atoms with van der Waals surface area (Å²) in [5.74, 6) is -2.05. The zero-order valence-electron chi connectivity index (χ0n) is 15.3. The van der Waals surface area contributed by atoms with Crippen LogP contribution in [0, 0.1) is 0 Å². The quantitative estimate of drug-likeness (QED) is 0.528. The molecule has 3 aromatic rings. The molecule has 4 rings (SSSR count). The van der Waals surface area contributed by atoms with Crippen molar-refractivity contribution in [3.8, 4) is 0 Å². The smallest absolute Gasteiger partial charge is 0.337 e. The number of aromatic carboxylic acids is 1. The van der Waals surface area contributed by atoms with E-state index in [9.17, 15) is 19.5 Å². The molecule has 2 aromatic carbocycles. The Kier molecular flexibility index (Phi) is 5.19. The zero-order chi connectivity index (χ0) is 21.4. The van der Waals surface area contributed by atoms with E-state index in [0.29, 0.717) is 27.3 Å². The molecule has 8 nitrogen and oxygen atoms in total. The normalized spacial score (nSPS) is 14.0. The Bertz CT molecular complexity index is 1200. The Morgan fingerprint density at radius 2 is 1.73 bits per heavy atom. The number of amides is 2. The molecule has 1 aliphatic rings. The molecule has 0 bridgehead atoms. The molecule has 30 heavy (non-hydrogen) atoms. The lowest BCUT2D eigenvalue weighted by Crippen LogP contribution is -2.51. The summed E-state index contributed by atoms with van der Waals surface area (Å²) in [6, 6.07) is 9.52. The Morgan fingerprint density at radius 3 is 2.43 bits per heavy atom. The van der Waals surface area contributed by atoms with E-state index in [2.05, 4.69) is 15.6 Å². The molecular weight excluding hydrogens is 431 g/mol. The van der Waals surface area contributed by atoms with Crippen LogP contribution in [0.25, 0.3) is 10.9 Å². The van der Waals surface area contributed by atoms with Crippen molar-refractivity contribution in [1.29, 1.82) is 0 Å². The van der Waals surface area contributed by atoms with Gasteiger partial charge >= 0.3 is 5.97 Å². The lowest BCUT2D eigenvalue weighted by molar-refractivity contribution is -0.130. The van der Waals surface area contributed by atoms with E-state index in [0.717, 1.165) is 0 Å². The molecule has 0 aliphatic carbocycles. The van der Waals surface area contributed by atoms with Gasteiger partial charge in [0, 0.05) is 15.4 Å². The van der Waals surface area contributed by atoms with Crippen molar-refractivity contribution in [3.63, 3.8) is 0 Å². The van der Waals surface area contributed by atoms with Gasteiger partial charge in [0.05, 0.1) is 47.4 Å². The van der Waals surface area contributed by atoms with Crippen LogP contribution in [0.5, 0.6) is 0 Å². The fourth-order valence-electron chi connectivity index (χ4n) is 3.27. The number of carboxylic acid groups (broad SMARTS) is 1. The topological polar surface area (TPSA) is 112 Å². The highest BCUT2D eigenvalue weighted by Crippen LogP contribution is 2.37. The maximum Gasteiger partial charge on any atom is 0.337 e. The van der Waals surface area contributed by atoms with Crippen molar-refractivity contribution in [3.05, 3.63) is 58.2 Å². The molecule has 0 atom stereocenters. The van der Waals surface area contributed by atoms with Crippen LogP contribution in [-0.2, 0) is 9.59 Å². The van der Waals surface area contributed by atoms with E-state index in [-0.39, 0.29) is 29.4 Å². The first-order valence-electron chi connectivity index (χ1n) is 8.77. The van der Waals surface area contributed by atoms with Gasteiger partial charge < -0.3 is 15.3 Å². The Labute approximate surface area is 180 Å². The molecule has 152 valence electrons. The third-order valence-corrected chi connectivity index (χ3v) is 5.04. The molecule has 1 fully saturated rings. The predicted octanol–water partition coefficient (Wildman–Crippen LogP) is 3.45. The predicted molar refractivity (Wildman–Crippen MR) is 114 cm³/mol. The number of halogens is 2. The number of nitrogens with zero attached hydrogens (tertiary/aromatic N) is 2. The van der Waals surface area contributed by atoms with Crippen LogP contribution in [0.3, 0.4) is 0 Å². The van der Waals surface area contributed by atoms with E-state index in [4.69, 9.17) is 23.2 Å². The van der Waals surface area contributed by atoms with Crippen LogP contribution in [0.15, 0.2) is 42.6 Å². The fraction of sp³-hybridized carbons (Fsp3) is 0.100. The summed E-state index contributed by atoms with van der Waals surface area (Å²) in [7, 11) is 0. The van der Waals surface area contributed by atoms with Crippen molar-refractivity contribution in [2.45, 2.75) is 0 Å². The first-order valence-corrected chi connectivity index (χ1v) is 9.53. The van der Waals surface area contributed by atoms with Crippen molar-refractivity contribution in [1.82, 2.24) is 10.3 Å². The van der Waals surface area contributed by atoms with E-state index in [1.807, 2.05) is 0 Å². The largest absolute Gasteiger partial charge is 0.478 e. The average molecular weight is 445 g/mol. The van der Waals surface area contributed by atoms with Gasteiger partial charge in [-0.15, -0.1) is 0 Å². The number of fused-ring (bicyclic) bond motifs is 1. The first kappa shape index (κ1) is 19.9. The van der Waals surface area contributed by atoms with Gasteiger partial charge in [0.1, 0.15) is 0 Å². The number of hydrogen-bond donors (Lipinski definition) is 3. The molecule has 2 amide bonds. The maximum atomic E-state index is 11.9. The number of carbonyl (C=O) groups excluding carboxylic acids is 2. The van der Waals surface area contributed by atoms with E-state index >= 15 is 0 Å². The lowest BCUT2D eigenvalue weighted by Gasteiger charge is -2.29. The molecule has 0 spiro atoms. The maximum absolute atomic E-state index is 11.9. The second kappa shape index (κ2) is 7.81. The molecule has 1 aliphatic heterocycles. The molecule has 3 N–H and O–H groups in total. The summed E-state index contributed by atoms with van der Waals surface area (Å²) in [5.41, 5.74) is 1.78. The van der Waals surface area contributed by atoms with E-state index in [1.165, 1.54) is 12.3 Å². The number of carboxylic acids is 1. The van der Waals surface area contributed by atoms with Gasteiger partial charge in [0.15, 0.2) is 0 Å². The third-order valence-electron chi connectivity index (χ3n) is 4.57. The number of piperazine rings is 1. The molecule has 0 unspecified atom stereocenters. The standard InChI is InChI=1S/C20H14Cl2N4O4/c21-10-1-3-14-12(5-10)19(24-15-4-2-11(22)6-13(15)20(29)30)16(7-23-14)26-8-17(27)25-18(28)9-26/h1-7H,8-9H2,(H,23,24)(H,29,30)(H,25,27,28). The van der Waals surface area contributed by atoms with Crippen molar-refractivity contribution in [2.75, 3.05) is 23.3 Å². The first-order chi connectivity index (χ1) is 14.3. The zero-order valence-corrected chi connectivity index (χ0v) is 16.8. The second-order valence-corrected chi connectivity index (χ2v) is 7.50. The van der Waals surface area contributed by atoms with E-state index in [1.54, 1.807) is 35.2 Å². The van der Waals surface area contributed by atoms with Gasteiger partial charge in [-0.05, 0) is 36.4 Å². The van der Waals surface area contributed by atoms with Crippen LogP contribution in [0.1, 0.15) is 10.4 Å².